The number of carboxylic acid groups (broad SMARTS) is 2. The van der Waals surface area contributed by atoms with Gasteiger partial charge < -0.3 is 69.9 Å². The Hall–Kier alpha value is -7.55. The lowest BCUT2D eigenvalue weighted by atomic mass is 10.0. The van der Waals surface area contributed by atoms with Crippen LogP contribution in [0.1, 0.15) is 88.3 Å². The second-order valence-corrected chi connectivity index (χ2v) is 21.7. The van der Waals surface area contributed by atoms with E-state index >= 15 is 0 Å². The molecule has 0 spiro atoms. The average molecular weight is 1190 g/mol. The van der Waals surface area contributed by atoms with Crippen LogP contribution in [-0.2, 0) is 72.0 Å². The summed E-state index contributed by atoms with van der Waals surface area (Å²) in [5.74, 6) is -10.0. The third kappa shape index (κ3) is 26.5. The molecule has 0 aromatic heterocycles. The largest absolute Gasteiger partial charge is 0.481 e. The molecule has 26 heteroatoms. The van der Waals surface area contributed by atoms with Crippen LogP contribution in [-0.4, -0.2) is 154 Å². The highest BCUT2D eigenvalue weighted by molar-refractivity contribution is 7.98. The van der Waals surface area contributed by atoms with Crippen LogP contribution in [0.4, 0.5) is 0 Å². The number of thiol groups is 1. The van der Waals surface area contributed by atoms with Gasteiger partial charge in [-0.25, -0.2) is 4.79 Å². The van der Waals surface area contributed by atoms with Gasteiger partial charge in [0.1, 0.15) is 48.3 Å². The minimum atomic E-state index is -1.53. The van der Waals surface area contributed by atoms with Crippen molar-refractivity contribution in [3.05, 3.63) is 108 Å². The molecule has 0 bridgehead atoms. The number of nitrogens with two attached hydrogens (primary N) is 3. The molecular weight excluding hydrogens is 1110 g/mol. The highest BCUT2D eigenvalue weighted by Gasteiger charge is 2.35. The Morgan fingerprint density at radius 1 is 0.482 bits per heavy atom. The van der Waals surface area contributed by atoms with Gasteiger partial charge in [0.15, 0.2) is 0 Å². The topological polar surface area (TPSA) is 403 Å². The third-order valence-corrected chi connectivity index (χ3v) is 14.0. The lowest BCUT2D eigenvalue weighted by Gasteiger charge is -2.28. The van der Waals surface area contributed by atoms with Gasteiger partial charge in [0, 0.05) is 37.9 Å². The van der Waals surface area contributed by atoms with E-state index in [1.807, 2.05) is 0 Å². The predicted octanol–water partition coefficient (Wildman–Crippen LogP) is -0.00690. The number of thioether (sulfide) groups is 1. The SMILES string of the molecule is CSCC[C@H](NC(=O)[C@@H](N)CCC(N)=O)C(=O)N[C@@H](Cc1ccccc1)C(=O)N[C@@H](Cc1ccccc1)C(=O)N[C@@H](CS)C(=O)N[C@@H](Cc1ccccc1)C(=O)N[C@@H](CCCCN)C(=O)N[C@@H](CCC(=O)O)C(=O)N[C@@H](CC(C)C)C(=O)O. The molecule has 9 amide bonds. The molecule has 0 unspecified atom stereocenters. The lowest BCUT2D eigenvalue weighted by Crippen LogP contribution is -2.61. The maximum Gasteiger partial charge on any atom is 0.326 e. The number of carbonyl (C=O) groups is 11. The fraction of sp³-hybridized carbons (Fsp3) is 0.491. The molecule has 24 nitrogen and oxygen atoms in total. The molecule has 0 aliphatic heterocycles. The smallest absolute Gasteiger partial charge is 0.326 e. The molecule has 0 radical (unpaired) electrons. The van der Waals surface area contributed by atoms with E-state index in [-0.39, 0.29) is 69.6 Å². The Bertz CT molecular complexity index is 2610. The van der Waals surface area contributed by atoms with Crippen molar-refractivity contribution in [2.75, 3.05) is 24.3 Å². The molecule has 0 heterocycles. The Labute approximate surface area is 493 Å². The molecular formula is C57H81N11O13S2. The van der Waals surface area contributed by atoms with Crippen LogP contribution in [0, 0.1) is 5.92 Å². The summed E-state index contributed by atoms with van der Waals surface area (Å²) in [6, 6.07) is 13.7. The Kier molecular flexibility index (Phi) is 31.5. The summed E-state index contributed by atoms with van der Waals surface area (Å²) in [5.41, 5.74) is 18.8. The minimum absolute atomic E-state index is 0.0254. The zero-order chi connectivity index (χ0) is 61.4. The summed E-state index contributed by atoms with van der Waals surface area (Å²) in [7, 11) is 0. The number of unbranched alkanes of at least 4 members (excludes halogenated alkanes) is 1. The molecule has 3 aromatic carbocycles. The molecule has 0 fully saturated rings. The van der Waals surface area contributed by atoms with Crippen LogP contribution < -0.4 is 59.7 Å². The van der Waals surface area contributed by atoms with E-state index in [0.717, 1.165) is 0 Å². The predicted molar refractivity (Wildman–Crippen MR) is 316 cm³/mol. The number of rotatable bonds is 39. The molecule has 83 heavy (non-hydrogen) atoms. The van der Waals surface area contributed by atoms with Crippen LogP contribution in [0.25, 0.3) is 0 Å². The van der Waals surface area contributed by atoms with Crippen molar-refractivity contribution < 1.29 is 63.0 Å². The van der Waals surface area contributed by atoms with E-state index in [1.165, 1.54) is 11.8 Å². The normalized spacial score (nSPS) is 14.3. The van der Waals surface area contributed by atoms with Crippen molar-refractivity contribution >= 4 is 89.5 Å². The van der Waals surface area contributed by atoms with Crippen molar-refractivity contribution in [3.8, 4) is 0 Å². The lowest BCUT2D eigenvalue weighted by molar-refractivity contribution is -0.143. The van der Waals surface area contributed by atoms with Crippen LogP contribution in [0.2, 0.25) is 0 Å². The minimum Gasteiger partial charge on any atom is -0.481 e. The van der Waals surface area contributed by atoms with Crippen LogP contribution in [0.3, 0.4) is 0 Å². The van der Waals surface area contributed by atoms with Crippen molar-refractivity contribution in [3.63, 3.8) is 0 Å². The maximum absolute atomic E-state index is 14.6. The summed E-state index contributed by atoms with van der Waals surface area (Å²) in [6.45, 7) is 3.72. The molecule has 0 aliphatic rings. The molecule has 0 saturated heterocycles. The van der Waals surface area contributed by atoms with Crippen LogP contribution >= 0.6 is 24.4 Å². The number of nitrogens with one attached hydrogen (secondary N) is 8. The number of hydrogen-bond acceptors (Lipinski definition) is 15. The molecule has 3 rings (SSSR count). The van der Waals surface area contributed by atoms with E-state index in [0.29, 0.717) is 35.3 Å². The first-order chi connectivity index (χ1) is 39.5. The molecule has 16 N–H and O–H groups in total. The van der Waals surface area contributed by atoms with E-state index in [4.69, 9.17) is 17.2 Å². The first-order valence-electron chi connectivity index (χ1n) is 27.4. The second kappa shape index (κ2) is 37.5. The molecule has 454 valence electrons. The van der Waals surface area contributed by atoms with Crippen molar-refractivity contribution in [1.82, 2.24) is 42.5 Å². The van der Waals surface area contributed by atoms with Gasteiger partial charge in [-0.15, -0.1) is 0 Å². The van der Waals surface area contributed by atoms with Crippen LogP contribution in [0.5, 0.6) is 0 Å². The standard InChI is InChI=1S/C57H81N11O13S2/c1-34(2)29-45(57(80)81)67-51(74)40(23-25-48(70)71)63-50(73)39(21-13-14-27-58)62-53(76)42(30-35-15-7-4-8-16-35)66-56(79)46(33-82)68-55(78)44(32-37-19-11-6-12-20-37)65-54(77)43(31-36-17-9-5-10-18-36)64-52(75)41(26-28-83-3)61-49(72)38(59)22-24-47(60)69/h4-12,15-20,34,38-46,82H,13-14,21-33,58-59H2,1-3H3,(H2,60,69)(H,61,72)(H,62,76)(H,63,73)(H,64,75)(H,65,77)(H,66,79)(H,67,74)(H,68,78)(H,70,71)(H,80,81)/t38-,39-,40-,41-,42-,43-,44-,45-,46-/m0/s1. The average Bonchev–Trinajstić information content (AvgIpc) is 3.50. The van der Waals surface area contributed by atoms with Gasteiger partial charge in [0.25, 0.3) is 0 Å². The highest BCUT2D eigenvalue weighted by atomic mass is 32.2. The van der Waals surface area contributed by atoms with Crippen molar-refractivity contribution in [2.24, 2.45) is 23.1 Å². The van der Waals surface area contributed by atoms with Crippen molar-refractivity contribution in [2.45, 2.75) is 145 Å². The van der Waals surface area contributed by atoms with Crippen molar-refractivity contribution in [1.29, 1.82) is 0 Å². The third-order valence-electron chi connectivity index (χ3n) is 13.0. The zero-order valence-corrected chi connectivity index (χ0v) is 48.7. The van der Waals surface area contributed by atoms with Gasteiger partial charge in [0.2, 0.25) is 53.2 Å². The molecule has 0 aliphatic carbocycles. The number of primary amides is 1. The monoisotopic (exact) mass is 1190 g/mol. The Balaban J connectivity index is 1.96. The van der Waals surface area contributed by atoms with E-state index in [9.17, 15) is 63.0 Å². The van der Waals surface area contributed by atoms with E-state index in [1.54, 1.807) is 111 Å². The Morgan fingerprint density at radius 2 is 0.843 bits per heavy atom. The summed E-state index contributed by atoms with van der Waals surface area (Å²) in [5, 5.41) is 40.3. The highest BCUT2D eigenvalue weighted by Crippen LogP contribution is 2.13. The maximum atomic E-state index is 14.6. The number of carboxylic acids is 2. The molecule has 9 atom stereocenters. The van der Waals surface area contributed by atoms with Gasteiger partial charge in [0.05, 0.1) is 6.04 Å². The summed E-state index contributed by atoms with van der Waals surface area (Å²) in [4.78, 5) is 148. The first kappa shape index (κ1) is 69.7. The fourth-order valence-electron chi connectivity index (χ4n) is 8.48. The number of hydrogen-bond donors (Lipinski definition) is 14. The van der Waals surface area contributed by atoms with E-state index < -0.39 is 132 Å². The number of amides is 9. The number of carbonyl (C=O) groups excluding carboxylic acids is 9. The van der Waals surface area contributed by atoms with Gasteiger partial charge in [-0.05, 0) is 86.1 Å². The van der Waals surface area contributed by atoms with E-state index in [2.05, 4.69) is 55.2 Å². The molecule has 0 saturated carbocycles. The first-order valence-corrected chi connectivity index (χ1v) is 29.4. The number of benzene rings is 3. The van der Waals surface area contributed by atoms with Gasteiger partial charge >= 0.3 is 11.9 Å². The second-order valence-electron chi connectivity index (χ2n) is 20.3. The van der Waals surface area contributed by atoms with Gasteiger partial charge in [-0.3, -0.25) is 47.9 Å². The fourth-order valence-corrected chi connectivity index (χ4v) is 9.21. The van der Waals surface area contributed by atoms with Gasteiger partial charge in [-0.2, -0.15) is 24.4 Å². The summed E-state index contributed by atoms with van der Waals surface area (Å²) in [6.07, 6.45) is 1.13. The quantitative estimate of drug-likeness (QED) is 0.0264. The molecule has 3 aromatic rings. The number of aliphatic carboxylic acids is 2. The van der Waals surface area contributed by atoms with Crippen LogP contribution in [0.15, 0.2) is 91.0 Å². The summed E-state index contributed by atoms with van der Waals surface area (Å²) < 4.78 is 0. The Morgan fingerprint density at radius 3 is 1.22 bits per heavy atom. The zero-order valence-electron chi connectivity index (χ0n) is 47.0. The van der Waals surface area contributed by atoms with Gasteiger partial charge in [-0.1, -0.05) is 105 Å². The summed E-state index contributed by atoms with van der Waals surface area (Å²) >= 11 is 5.79.